The maximum atomic E-state index is 13.8. The maximum absolute atomic E-state index is 13.8. The van der Waals surface area contributed by atoms with E-state index in [0.29, 0.717) is 18.3 Å². The summed E-state index contributed by atoms with van der Waals surface area (Å²) in [6.07, 6.45) is 9.09. The summed E-state index contributed by atoms with van der Waals surface area (Å²) in [6.45, 7) is 0.612. The lowest BCUT2D eigenvalue weighted by Gasteiger charge is -2.21. The molecule has 1 aromatic rings. The van der Waals surface area contributed by atoms with Crippen molar-refractivity contribution in [1.29, 1.82) is 0 Å². The van der Waals surface area contributed by atoms with Crippen LogP contribution in [-0.2, 0) is 6.54 Å². The Morgan fingerprint density at radius 2 is 1.84 bits per heavy atom. The van der Waals surface area contributed by atoms with Crippen molar-refractivity contribution in [2.24, 2.45) is 0 Å². The van der Waals surface area contributed by atoms with Gasteiger partial charge >= 0.3 is 0 Å². The Kier molecular flexibility index (Phi) is 5.64. The average Bonchev–Trinajstić information content (AvgIpc) is 2.38. The van der Waals surface area contributed by atoms with E-state index in [2.05, 4.69) is 5.32 Å². The Morgan fingerprint density at radius 3 is 2.47 bits per heavy atom. The van der Waals surface area contributed by atoms with Crippen LogP contribution >= 0.6 is 0 Å². The van der Waals surface area contributed by atoms with Gasteiger partial charge in [-0.2, -0.15) is 0 Å². The lowest BCUT2D eigenvalue weighted by atomic mass is 9.96. The number of halogens is 1. The number of hydrogen-bond donors (Lipinski definition) is 1. The Labute approximate surface area is 115 Å². The smallest absolute Gasteiger partial charge is 0.131 e. The van der Waals surface area contributed by atoms with Gasteiger partial charge in [-0.15, -0.1) is 0 Å². The van der Waals surface area contributed by atoms with Gasteiger partial charge in [-0.1, -0.05) is 38.2 Å². The number of benzene rings is 1. The fourth-order valence-corrected chi connectivity index (χ4v) is 2.71. The molecule has 1 aromatic carbocycles. The van der Waals surface area contributed by atoms with Gasteiger partial charge in [0.05, 0.1) is 7.11 Å². The summed E-state index contributed by atoms with van der Waals surface area (Å²) in [7, 11) is 1.56. The third-order valence-corrected chi connectivity index (χ3v) is 3.95. The third-order valence-electron chi connectivity index (χ3n) is 3.95. The van der Waals surface area contributed by atoms with Gasteiger partial charge in [-0.3, -0.25) is 0 Å². The van der Waals surface area contributed by atoms with Crippen LogP contribution in [0.1, 0.15) is 50.5 Å². The first-order chi connectivity index (χ1) is 9.29. The normalized spacial score (nSPS) is 17.8. The highest BCUT2D eigenvalue weighted by Crippen LogP contribution is 2.19. The Balaban J connectivity index is 1.86. The zero-order chi connectivity index (χ0) is 13.5. The lowest BCUT2D eigenvalue weighted by molar-refractivity contribution is 0.385. The van der Waals surface area contributed by atoms with Gasteiger partial charge < -0.3 is 10.1 Å². The van der Waals surface area contributed by atoms with E-state index in [-0.39, 0.29) is 5.82 Å². The van der Waals surface area contributed by atoms with Crippen LogP contribution in [0.2, 0.25) is 0 Å². The minimum Gasteiger partial charge on any atom is -0.497 e. The summed E-state index contributed by atoms with van der Waals surface area (Å²) in [4.78, 5) is 0. The van der Waals surface area contributed by atoms with E-state index >= 15 is 0 Å². The molecule has 0 atom stereocenters. The van der Waals surface area contributed by atoms with Crippen LogP contribution < -0.4 is 10.1 Å². The zero-order valence-electron chi connectivity index (χ0n) is 11.8. The van der Waals surface area contributed by atoms with Crippen molar-refractivity contribution in [1.82, 2.24) is 5.32 Å². The van der Waals surface area contributed by atoms with Gasteiger partial charge in [0.15, 0.2) is 0 Å². The van der Waals surface area contributed by atoms with Crippen molar-refractivity contribution in [2.75, 3.05) is 7.11 Å². The summed E-state index contributed by atoms with van der Waals surface area (Å²) in [5.41, 5.74) is 0.725. The summed E-state index contributed by atoms with van der Waals surface area (Å²) in [5, 5.41) is 3.50. The highest BCUT2D eigenvalue weighted by molar-refractivity contribution is 5.28. The van der Waals surface area contributed by atoms with Gasteiger partial charge in [-0.25, -0.2) is 4.39 Å². The van der Waals surface area contributed by atoms with E-state index in [1.54, 1.807) is 7.11 Å². The van der Waals surface area contributed by atoms with E-state index in [1.807, 2.05) is 12.1 Å². The lowest BCUT2D eigenvalue weighted by Crippen LogP contribution is -2.29. The number of rotatable bonds is 4. The van der Waals surface area contributed by atoms with E-state index in [0.717, 1.165) is 5.56 Å². The SMILES string of the molecule is COc1ccc(CNC2CCCCCCC2)c(F)c1. The molecule has 2 nitrogen and oxygen atoms in total. The molecule has 0 spiro atoms. The molecule has 1 aliphatic carbocycles. The molecule has 1 fully saturated rings. The number of ether oxygens (including phenoxy) is 1. The van der Waals surface area contributed by atoms with E-state index < -0.39 is 0 Å². The van der Waals surface area contributed by atoms with Crippen molar-refractivity contribution in [3.63, 3.8) is 0 Å². The van der Waals surface area contributed by atoms with Crippen molar-refractivity contribution in [3.05, 3.63) is 29.6 Å². The molecular weight excluding hydrogens is 241 g/mol. The predicted octanol–water partition coefficient (Wildman–Crippen LogP) is 4.04. The Hall–Kier alpha value is -1.09. The molecule has 0 aliphatic heterocycles. The van der Waals surface area contributed by atoms with Crippen LogP contribution in [0.4, 0.5) is 4.39 Å². The number of methoxy groups -OCH3 is 1. The zero-order valence-corrected chi connectivity index (χ0v) is 11.8. The molecule has 0 radical (unpaired) electrons. The third kappa shape index (κ3) is 4.50. The first-order valence-electron chi connectivity index (χ1n) is 7.35. The summed E-state index contributed by atoms with van der Waals surface area (Å²) < 4.78 is 18.8. The van der Waals surface area contributed by atoms with Gasteiger partial charge in [0.2, 0.25) is 0 Å². The standard InChI is InChI=1S/C16H24FNO/c1-19-15-10-9-13(16(17)11-15)12-18-14-7-5-3-2-4-6-8-14/h9-11,14,18H,2-8,12H2,1H3. The summed E-state index contributed by atoms with van der Waals surface area (Å²) in [6, 6.07) is 5.62. The highest BCUT2D eigenvalue weighted by Gasteiger charge is 2.12. The molecule has 0 heterocycles. The second-order valence-electron chi connectivity index (χ2n) is 5.38. The molecule has 0 amide bonds. The largest absolute Gasteiger partial charge is 0.497 e. The van der Waals surface area contributed by atoms with Crippen molar-refractivity contribution in [2.45, 2.75) is 57.5 Å². The quantitative estimate of drug-likeness (QED) is 0.887. The van der Waals surface area contributed by atoms with Crippen LogP contribution in [0.3, 0.4) is 0 Å². The Morgan fingerprint density at radius 1 is 1.16 bits per heavy atom. The first-order valence-corrected chi connectivity index (χ1v) is 7.35. The summed E-state index contributed by atoms with van der Waals surface area (Å²) in [5.74, 6) is 0.393. The second kappa shape index (κ2) is 7.49. The van der Waals surface area contributed by atoms with E-state index in [1.165, 1.54) is 51.0 Å². The minimum absolute atomic E-state index is 0.183. The topological polar surface area (TPSA) is 21.3 Å². The molecule has 2 rings (SSSR count). The van der Waals surface area contributed by atoms with Crippen molar-refractivity contribution < 1.29 is 9.13 Å². The Bertz CT molecular complexity index is 386. The van der Waals surface area contributed by atoms with E-state index in [4.69, 9.17) is 4.74 Å². The monoisotopic (exact) mass is 265 g/mol. The molecule has 106 valence electrons. The molecule has 0 unspecified atom stereocenters. The fraction of sp³-hybridized carbons (Fsp3) is 0.625. The van der Waals surface area contributed by atoms with Gasteiger partial charge in [-0.05, 0) is 18.9 Å². The number of nitrogens with one attached hydrogen (secondary N) is 1. The minimum atomic E-state index is -0.183. The predicted molar refractivity (Wildman–Crippen MR) is 75.9 cm³/mol. The van der Waals surface area contributed by atoms with Crippen molar-refractivity contribution >= 4 is 0 Å². The molecule has 1 saturated carbocycles. The number of hydrogen-bond acceptors (Lipinski definition) is 2. The fourth-order valence-electron chi connectivity index (χ4n) is 2.71. The summed E-state index contributed by atoms with van der Waals surface area (Å²) >= 11 is 0. The first kappa shape index (κ1) is 14.3. The van der Waals surface area contributed by atoms with Crippen molar-refractivity contribution in [3.8, 4) is 5.75 Å². The average molecular weight is 265 g/mol. The maximum Gasteiger partial charge on any atom is 0.131 e. The molecule has 0 bridgehead atoms. The van der Waals surface area contributed by atoms with Crippen LogP contribution in [0.25, 0.3) is 0 Å². The van der Waals surface area contributed by atoms with E-state index in [9.17, 15) is 4.39 Å². The highest BCUT2D eigenvalue weighted by atomic mass is 19.1. The molecule has 1 N–H and O–H groups in total. The van der Waals surface area contributed by atoms with Gasteiger partial charge in [0.25, 0.3) is 0 Å². The molecule has 3 heteroatoms. The van der Waals surface area contributed by atoms with Gasteiger partial charge in [0, 0.05) is 24.2 Å². The molecule has 19 heavy (non-hydrogen) atoms. The second-order valence-corrected chi connectivity index (χ2v) is 5.38. The van der Waals surface area contributed by atoms with Crippen LogP contribution in [0.15, 0.2) is 18.2 Å². The van der Waals surface area contributed by atoms with Gasteiger partial charge in [0.1, 0.15) is 11.6 Å². The van der Waals surface area contributed by atoms with Crippen LogP contribution in [0, 0.1) is 5.82 Å². The van der Waals surface area contributed by atoms with Crippen LogP contribution in [0.5, 0.6) is 5.75 Å². The molecule has 1 aliphatic rings. The molecular formula is C16H24FNO. The molecule has 0 saturated heterocycles. The van der Waals surface area contributed by atoms with Crippen LogP contribution in [-0.4, -0.2) is 13.2 Å². The molecule has 0 aromatic heterocycles.